The molecule has 7 heteroatoms. The number of hydrogen-bond acceptors (Lipinski definition) is 5. The number of aromatic nitrogens is 2. The van der Waals surface area contributed by atoms with Gasteiger partial charge in [0.25, 0.3) is 5.91 Å². The van der Waals surface area contributed by atoms with Crippen molar-refractivity contribution in [3.63, 3.8) is 0 Å². The minimum atomic E-state index is -0.443. The number of pyridine rings is 2. The molecule has 0 saturated heterocycles. The van der Waals surface area contributed by atoms with Crippen molar-refractivity contribution in [1.82, 2.24) is 15.3 Å². The van der Waals surface area contributed by atoms with Crippen LogP contribution in [0.3, 0.4) is 0 Å². The standard InChI is InChI=1S/C25H25FN4O2/c1-4-7-20(5-2)30-24-13-21(10-11-28-24)32-23-9-6-8-22(17(23)3)25(31)29-15-18-12-19(26)16-27-14-18/h4-14,16H,15H2,1-3H3,(H,28,30)(H,29,31)/b7-4-,20-5+. The van der Waals surface area contributed by atoms with Crippen LogP contribution < -0.4 is 15.4 Å². The molecule has 0 atom stereocenters. The van der Waals surface area contributed by atoms with Crippen LogP contribution in [0.1, 0.15) is 35.3 Å². The van der Waals surface area contributed by atoms with Crippen molar-refractivity contribution < 1.29 is 13.9 Å². The lowest BCUT2D eigenvalue weighted by molar-refractivity contribution is 0.0950. The molecule has 0 spiro atoms. The Bertz CT molecular complexity index is 1160. The Morgan fingerprint density at radius 1 is 1.19 bits per heavy atom. The van der Waals surface area contributed by atoms with Crippen molar-refractivity contribution >= 4 is 11.7 Å². The van der Waals surface area contributed by atoms with E-state index >= 15 is 0 Å². The minimum Gasteiger partial charge on any atom is -0.457 e. The van der Waals surface area contributed by atoms with Gasteiger partial charge in [-0.2, -0.15) is 0 Å². The predicted molar refractivity (Wildman–Crippen MR) is 123 cm³/mol. The number of carbonyl (C=O) groups excluding carboxylic acids is 1. The first-order chi connectivity index (χ1) is 15.5. The molecule has 0 fully saturated rings. The molecule has 6 nitrogen and oxygen atoms in total. The average molecular weight is 432 g/mol. The van der Waals surface area contributed by atoms with E-state index in [1.54, 1.807) is 36.5 Å². The molecule has 164 valence electrons. The molecular weight excluding hydrogens is 407 g/mol. The second-order valence-corrected chi connectivity index (χ2v) is 6.97. The van der Waals surface area contributed by atoms with Gasteiger partial charge >= 0.3 is 0 Å². The average Bonchev–Trinajstić information content (AvgIpc) is 2.79. The molecule has 0 bridgehead atoms. The van der Waals surface area contributed by atoms with Gasteiger partial charge in [-0.15, -0.1) is 0 Å². The Labute approximate surface area is 186 Å². The van der Waals surface area contributed by atoms with E-state index in [4.69, 9.17) is 4.74 Å². The Kier molecular flexibility index (Phi) is 7.70. The van der Waals surface area contributed by atoms with Gasteiger partial charge in [-0.05, 0) is 56.7 Å². The summed E-state index contributed by atoms with van der Waals surface area (Å²) in [7, 11) is 0. The van der Waals surface area contributed by atoms with Crippen LogP contribution in [0.4, 0.5) is 10.2 Å². The van der Waals surface area contributed by atoms with Crippen molar-refractivity contribution in [3.05, 3.63) is 101 Å². The number of nitrogens with one attached hydrogen (secondary N) is 2. The summed E-state index contributed by atoms with van der Waals surface area (Å²) in [6.07, 6.45) is 10.1. The van der Waals surface area contributed by atoms with Gasteiger partial charge in [-0.25, -0.2) is 9.37 Å². The van der Waals surface area contributed by atoms with Gasteiger partial charge in [-0.3, -0.25) is 9.78 Å². The molecule has 2 heterocycles. The highest BCUT2D eigenvalue weighted by molar-refractivity contribution is 5.96. The van der Waals surface area contributed by atoms with Crippen molar-refractivity contribution in [2.75, 3.05) is 5.32 Å². The number of nitrogens with zero attached hydrogens (tertiary/aromatic N) is 2. The monoisotopic (exact) mass is 432 g/mol. The van der Waals surface area contributed by atoms with E-state index < -0.39 is 5.82 Å². The summed E-state index contributed by atoms with van der Waals surface area (Å²) in [6, 6.07) is 10.1. The predicted octanol–water partition coefficient (Wildman–Crippen LogP) is 5.54. The third kappa shape index (κ3) is 6.01. The number of halogens is 1. The van der Waals surface area contributed by atoms with Crippen LogP contribution in [-0.2, 0) is 6.54 Å². The Morgan fingerprint density at radius 2 is 2.03 bits per heavy atom. The number of benzene rings is 1. The van der Waals surface area contributed by atoms with E-state index in [1.165, 1.54) is 12.3 Å². The first-order valence-corrected chi connectivity index (χ1v) is 10.2. The SMILES string of the molecule is C/C=C\C(=C/C)Nc1cc(Oc2cccc(C(=O)NCc3cncc(F)c3)c2C)ccn1. The number of hydrogen-bond donors (Lipinski definition) is 2. The molecule has 0 saturated carbocycles. The summed E-state index contributed by atoms with van der Waals surface area (Å²) in [5.41, 5.74) is 2.67. The van der Waals surface area contributed by atoms with Crippen LogP contribution in [-0.4, -0.2) is 15.9 Å². The molecule has 3 aromatic rings. The molecule has 1 amide bonds. The maximum atomic E-state index is 13.3. The van der Waals surface area contributed by atoms with E-state index in [0.29, 0.717) is 34.0 Å². The van der Waals surface area contributed by atoms with Gasteiger partial charge in [0.2, 0.25) is 0 Å². The van der Waals surface area contributed by atoms with Crippen molar-refractivity contribution in [3.8, 4) is 11.5 Å². The van der Waals surface area contributed by atoms with Gasteiger partial charge < -0.3 is 15.4 Å². The smallest absolute Gasteiger partial charge is 0.251 e. The molecule has 2 aromatic heterocycles. The van der Waals surface area contributed by atoms with E-state index in [0.717, 1.165) is 11.9 Å². The summed E-state index contributed by atoms with van der Waals surface area (Å²) in [5.74, 6) is 1.07. The molecule has 32 heavy (non-hydrogen) atoms. The highest BCUT2D eigenvalue weighted by Gasteiger charge is 2.13. The fourth-order valence-corrected chi connectivity index (χ4v) is 3.01. The lowest BCUT2D eigenvalue weighted by atomic mass is 10.1. The normalized spacial score (nSPS) is 11.4. The largest absolute Gasteiger partial charge is 0.457 e. The van der Waals surface area contributed by atoms with Crippen LogP contribution in [0, 0.1) is 12.7 Å². The molecule has 0 radical (unpaired) electrons. The number of allylic oxidation sites excluding steroid dienone is 3. The zero-order valence-corrected chi connectivity index (χ0v) is 18.2. The Balaban J connectivity index is 1.73. The third-order valence-electron chi connectivity index (χ3n) is 4.63. The number of carbonyl (C=O) groups is 1. The Morgan fingerprint density at radius 3 is 2.78 bits per heavy atom. The van der Waals surface area contributed by atoms with E-state index in [1.807, 2.05) is 39.0 Å². The molecule has 0 aliphatic heterocycles. The minimum absolute atomic E-state index is 0.174. The van der Waals surface area contributed by atoms with Crippen molar-refractivity contribution in [1.29, 1.82) is 0 Å². The quantitative estimate of drug-likeness (QED) is 0.457. The molecule has 2 N–H and O–H groups in total. The number of rotatable bonds is 8. The van der Waals surface area contributed by atoms with Crippen LogP contribution in [0.5, 0.6) is 11.5 Å². The van der Waals surface area contributed by atoms with Crippen LogP contribution in [0.25, 0.3) is 0 Å². The lowest BCUT2D eigenvalue weighted by Crippen LogP contribution is -2.23. The van der Waals surface area contributed by atoms with Gasteiger partial charge in [0.15, 0.2) is 0 Å². The fraction of sp³-hybridized carbons (Fsp3) is 0.160. The first-order valence-electron chi connectivity index (χ1n) is 10.2. The lowest BCUT2D eigenvalue weighted by Gasteiger charge is -2.14. The van der Waals surface area contributed by atoms with Crippen molar-refractivity contribution in [2.45, 2.75) is 27.3 Å². The number of amides is 1. The molecule has 0 unspecified atom stereocenters. The highest BCUT2D eigenvalue weighted by Crippen LogP contribution is 2.28. The second-order valence-electron chi connectivity index (χ2n) is 6.97. The molecule has 3 rings (SSSR count). The molecule has 1 aromatic carbocycles. The van der Waals surface area contributed by atoms with Gasteiger partial charge in [0, 0.05) is 41.8 Å². The van der Waals surface area contributed by atoms with E-state index in [9.17, 15) is 9.18 Å². The second kappa shape index (κ2) is 10.9. The first kappa shape index (κ1) is 22.7. The van der Waals surface area contributed by atoms with Crippen LogP contribution >= 0.6 is 0 Å². The molecular formula is C25H25FN4O2. The summed E-state index contributed by atoms with van der Waals surface area (Å²) < 4.78 is 19.3. The number of ether oxygens (including phenoxy) is 1. The fourth-order valence-electron chi connectivity index (χ4n) is 3.01. The number of anilines is 1. The van der Waals surface area contributed by atoms with Gasteiger partial charge in [-0.1, -0.05) is 18.2 Å². The van der Waals surface area contributed by atoms with Gasteiger partial charge in [0.05, 0.1) is 6.20 Å². The maximum absolute atomic E-state index is 13.3. The summed E-state index contributed by atoms with van der Waals surface area (Å²) in [6.45, 7) is 5.87. The van der Waals surface area contributed by atoms with Gasteiger partial charge in [0.1, 0.15) is 23.1 Å². The van der Waals surface area contributed by atoms with Crippen molar-refractivity contribution in [2.24, 2.45) is 0 Å². The maximum Gasteiger partial charge on any atom is 0.251 e. The topological polar surface area (TPSA) is 76.1 Å². The highest BCUT2D eigenvalue weighted by atomic mass is 19.1. The third-order valence-corrected chi connectivity index (χ3v) is 4.63. The van der Waals surface area contributed by atoms with E-state index in [2.05, 4.69) is 20.6 Å². The zero-order chi connectivity index (χ0) is 22.9. The summed E-state index contributed by atoms with van der Waals surface area (Å²) in [4.78, 5) is 20.8. The van der Waals surface area contributed by atoms with Crippen LogP contribution in [0.15, 0.2) is 78.9 Å². The Hall–Kier alpha value is -4.00. The zero-order valence-electron chi connectivity index (χ0n) is 18.2. The molecule has 0 aliphatic rings. The summed E-state index contributed by atoms with van der Waals surface area (Å²) in [5, 5.41) is 6.01. The van der Waals surface area contributed by atoms with Crippen LogP contribution in [0.2, 0.25) is 0 Å². The molecule has 0 aliphatic carbocycles. The van der Waals surface area contributed by atoms with E-state index in [-0.39, 0.29) is 12.5 Å². The summed E-state index contributed by atoms with van der Waals surface area (Å²) >= 11 is 0.